The molecule has 0 aliphatic rings. The Hall–Kier alpha value is -2.01. The average Bonchev–Trinajstić information content (AvgIpc) is 2.75. The first-order chi connectivity index (χ1) is 9.43. The molecule has 0 N–H and O–H groups in total. The Kier molecular flexibility index (Phi) is 3.99. The molecule has 106 valence electrons. The first-order valence-electron chi connectivity index (χ1n) is 5.95. The monoisotopic (exact) mass is 295 g/mol. The second-order valence-electron chi connectivity index (χ2n) is 4.43. The van der Waals surface area contributed by atoms with Crippen LogP contribution in [0.1, 0.15) is 16.1 Å². The lowest BCUT2D eigenvalue weighted by atomic mass is 10.1. The van der Waals surface area contributed by atoms with E-state index in [1.165, 1.54) is 19.1 Å². The molecule has 0 atom stereocenters. The van der Waals surface area contributed by atoms with E-state index in [4.69, 9.17) is 16.0 Å². The Morgan fingerprint density at radius 1 is 1.40 bits per heavy atom. The van der Waals surface area contributed by atoms with Gasteiger partial charge in [0.05, 0.1) is 7.11 Å². The molecule has 0 spiro atoms. The molecule has 0 radical (unpaired) electrons. The predicted molar refractivity (Wildman–Crippen MR) is 74.9 cm³/mol. The highest BCUT2D eigenvalue weighted by molar-refractivity contribution is 6.31. The zero-order valence-corrected chi connectivity index (χ0v) is 12.2. The molecule has 20 heavy (non-hydrogen) atoms. The van der Waals surface area contributed by atoms with E-state index >= 15 is 0 Å². The molecule has 6 heteroatoms. The Bertz CT molecular complexity index is 677. The van der Waals surface area contributed by atoms with Gasteiger partial charge in [0.15, 0.2) is 5.76 Å². The first-order valence-corrected chi connectivity index (χ1v) is 6.32. The molecule has 1 aromatic carbocycles. The zero-order valence-electron chi connectivity index (χ0n) is 11.4. The topological polar surface area (TPSA) is 59.8 Å². The summed E-state index contributed by atoms with van der Waals surface area (Å²) in [6, 6.07) is 5.15. The summed E-state index contributed by atoms with van der Waals surface area (Å²) >= 11 is 5.93. The van der Waals surface area contributed by atoms with E-state index in [1.807, 2.05) is 0 Å². The summed E-state index contributed by atoms with van der Waals surface area (Å²) in [6.45, 7) is 1.65. The molecule has 0 aliphatic heterocycles. The van der Waals surface area contributed by atoms with Gasteiger partial charge in [-0.05, 0) is 25.1 Å². The van der Waals surface area contributed by atoms with Gasteiger partial charge in [-0.25, -0.2) is 0 Å². The van der Waals surface area contributed by atoms with Gasteiger partial charge in [0.25, 0.3) is 5.91 Å². The van der Waals surface area contributed by atoms with E-state index in [0.717, 1.165) is 5.39 Å². The van der Waals surface area contributed by atoms with Gasteiger partial charge < -0.3 is 14.1 Å². The van der Waals surface area contributed by atoms with Crippen LogP contribution in [0.15, 0.2) is 22.6 Å². The summed E-state index contributed by atoms with van der Waals surface area (Å²) in [5.74, 6) is -0.661. The number of fused-ring (bicyclic) bond motifs is 1. The van der Waals surface area contributed by atoms with Crippen molar-refractivity contribution in [2.75, 3.05) is 20.7 Å². The molecular weight excluding hydrogens is 282 g/mol. The van der Waals surface area contributed by atoms with E-state index in [9.17, 15) is 9.59 Å². The number of halogens is 1. The summed E-state index contributed by atoms with van der Waals surface area (Å²) in [4.78, 5) is 24.7. The predicted octanol–water partition coefficient (Wildman–Crippen LogP) is 2.64. The second kappa shape index (κ2) is 5.54. The molecule has 1 aromatic heterocycles. The number of amides is 1. The van der Waals surface area contributed by atoms with Gasteiger partial charge in [-0.1, -0.05) is 11.6 Å². The summed E-state index contributed by atoms with van der Waals surface area (Å²) in [5, 5.41) is 1.36. The molecule has 0 unspecified atom stereocenters. The molecule has 1 amide bonds. The van der Waals surface area contributed by atoms with Crippen molar-refractivity contribution >= 4 is 34.4 Å². The van der Waals surface area contributed by atoms with Crippen LogP contribution in [0.3, 0.4) is 0 Å². The number of furan rings is 1. The minimum atomic E-state index is -0.488. The number of methoxy groups -OCH3 is 1. The van der Waals surface area contributed by atoms with Crippen molar-refractivity contribution in [2.24, 2.45) is 0 Å². The number of likely N-dealkylation sites (N-methyl/N-ethyl adjacent to an activating group) is 1. The molecular formula is C14H14ClNO4. The number of benzene rings is 1. The van der Waals surface area contributed by atoms with Crippen LogP contribution >= 0.6 is 11.6 Å². The number of carbonyl (C=O) groups is 2. The van der Waals surface area contributed by atoms with E-state index in [-0.39, 0.29) is 18.2 Å². The van der Waals surface area contributed by atoms with Gasteiger partial charge in [0.1, 0.15) is 12.1 Å². The normalized spacial score (nSPS) is 10.6. The van der Waals surface area contributed by atoms with Gasteiger partial charge in [-0.3, -0.25) is 9.59 Å². The Morgan fingerprint density at radius 3 is 2.75 bits per heavy atom. The molecule has 0 saturated heterocycles. The standard InChI is InChI=1S/C14H14ClNO4/c1-8-10-6-9(15)4-5-11(10)20-13(8)14(18)16(2)7-12(17)19-3/h4-6H,7H2,1-3H3. The molecule has 2 rings (SSSR count). The largest absolute Gasteiger partial charge is 0.468 e. The third kappa shape index (κ3) is 2.63. The van der Waals surface area contributed by atoms with Crippen molar-refractivity contribution in [2.45, 2.75) is 6.92 Å². The fourth-order valence-corrected chi connectivity index (χ4v) is 2.07. The number of nitrogens with zero attached hydrogens (tertiary/aromatic N) is 1. The minimum Gasteiger partial charge on any atom is -0.468 e. The molecule has 1 heterocycles. The molecule has 0 saturated carbocycles. The van der Waals surface area contributed by atoms with Crippen molar-refractivity contribution in [3.8, 4) is 0 Å². The number of ether oxygens (including phenoxy) is 1. The van der Waals surface area contributed by atoms with E-state index < -0.39 is 5.97 Å². The van der Waals surface area contributed by atoms with Crippen LogP contribution in [0, 0.1) is 6.92 Å². The number of hydrogen-bond acceptors (Lipinski definition) is 4. The molecule has 0 aliphatic carbocycles. The molecule has 2 aromatic rings. The lowest BCUT2D eigenvalue weighted by molar-refractivity contribution is -0.141. The highest BCUT2D eigenvalue weighted by Gasteiger charge is 2.22. The third-order valence-corrected chi connectivity index (χ3v) is 3.27. The van der Waals surface area contributed by atoms with Crippen molar-refractivity contribution < 1.29 is 18.7 Å². The number of rotatable bonds is 3. The van der Waals surface area contributed by atoms with Crippen LogP contribution in [0.4, 0.5) is 0 Å². The number of hydrogen-bond donors (Lipinski definition) is 0. The zero-order chi connectivity index (χ0) is 14.9. The van der Waals surface area contributed by atoms with Crippen molar-refractivity contribution in [3.63, 3.8) is 0 Å². The highest BCUT2D eigenvalue weighted by atomic mass is 35.5. The molecule has 5 nitrogen and oxygen atoms in total. The maximum atomic E-state index is 12.3. The smallest absolute Gasteiger partial charge is 0.325 e. The fraction of sp³-hybridized carbons (Fsp3) is 0.286. The van der Waals surface area contributed by atoms with E-state index in [1.54, 1.807) is 25.1 Å². The first kappa shape index (κ1) is 14.4. The summed E-state index contributed by atoms with van der Waals surface area (Å²) < 4.78 is 10.1. The lowest BCUT2D eigenvalue weighted by Gasteiger charge is -2.14. The van der Waals surface area contributed by atoms with Gasteiger partial charge in [0.2, 0.25) is 0 Å². The number of carbonyl (C=O) groups excluding carboxylic acids is 2. The van der Waals surface area contributed by atoms with Crippen LogP contribution in [0.5, 0.6) is 0 Å². The quantitative estimate of drug-likeness (QED) is 0.817. The summed E-state index contributed by atoms with van der Waals surface area (Å²) in [5.41, 5.74) is 1.28. The number of aryl methyl sites for hydroxylation is 1. The van der Waals surface area contributed by atoms with Crippen LogP contribution < -0.4 is 0 Å². The van der Waals surface area contributed by atoms with Crippen LogP contribution in [-0.2, 0) is 9.53 Å². The second-order valence-corrected chi connectivity index (χ2v) is 4.87. The van der Waals surface area contributed by atoms with Crippen molar-refractivity contribution in [1.29, 1.82) is 0 Å². The molecule has 0 bridgehead atoms. The summed E-state index contributed by atoms with van der Waals surface area (Å²) in [7, 11) is 2.79. The van der Waals surface area contributed by atoms with Crippen LogP contribution in [0.25, 0.3) is 11.0 Å². The van der Waals surface area contributed by atoms with Gasteiger partial charge in [0, 0.05) is 23.0 Å². The maximum Gasteiger partial charge on any atom is 0.325 e. The minimum absolute atomic E-state index is 0.132. The highest BCUT2D eigenvalue weighted by Crippen LogP contribution is 2.28. The fourth-order valence-electron chi connectivity index (χ4n) is 1.90. The van der Waals surface area contributed by atoms with Crippen LogP contribution in [0.2, 0.25) is 5.02 Å². The van der Waals surface area contributed by atoms with Crippen molar-refractivity contribution in [1.82, 2.24) is 4.90 Å². The Labute approximate surface area is 121 Å². The van der Waals surface area contributed by atoms with Gasteiger partial charge in [-0.15, -0.1) is 0 Å². The van der Waals surface area contributed by atoms with Gasteiger partial charge in [-0.2, -0.15) is 0 Å². The lowest BCUT2D eigenvalue weighted by Crippen LogP contribution is -2.32. The van der Waals surface area contributed by atoms with E-state index in [2.05, 4.69) is 4.74 Å². The maximum absolute atomic E-state index is 12.3. The Morgan fingerprint density at radius 2 is 2.10 bits per heavy atom. The van der Waals surface area contributed by atoms with Gasteiger partial charge >= 0.3 is 5.97 Å². The SMILES string of the molecule is COC(=O)CN(C)C(=O)c1oc2ccc(Cl)cc2c1C. The van der Waals surface area contributed by atoms with E-state index in [0.29, 0.717) is 16.2 Å². The average molecular weight is 296 g/mol. The Balaban J connectivity index is 2.35. The van der Waals surface area contributed by atoms with Crippen LogP contribution in [-0.4, -0.2) is 37.5 Å². The third-order valence-electron chi connectivity index (χ3n) is 3.03. The summed E-state index contributed by atoms with van der Waals surface area (Å²) in [6.07, 6.45) is 0. The molecule has 0 fully saturated rings. The number of esters is 1. The van der Waals surface area contributed by atoms with Crippen molar-refractivity contribution in [3.05, 3.63) is 34.5 Å².